The lowest BCUT2D eigenvalue weighted by atomic mass is 10.3. The van der Waals surface area contributed by atoms with Gasteiger partial charge < -0.3 is 15.0 Å². The van der Waals surface area contributed by atoms with E-state index in [0.29, 0.717) is 23.8 Å². The first-order valence-corrected chi connectivity index (χ1v) is 7.87. The number of nitrogens with one attached hydrogen (secondary N) is 2. The van der Waals surface area contributed by atoms with Crippen LogP contribution in [0.25, 0.3) is 0 Å². The molecule has 3 rings (SSSR count). The molecule has 0 radical (unpaired) electrons. The van der Waals surface area contributed by atoms with Crippen LogP contribution in [0.15, 0.2) is 24.4 Å². The standard InChI is InChI=1S/C15H16N4O3S/c1-9(20)12-8-11-14(23-12)18(5-6-22-11)10-3-4-19(13(16)7-10)15(21)17-2/h3-4,7-8,16H,5-6H2,1-2H3,(H,17,21). The van der Waals surface area contributed by atoms with Crippen LogP contribution in [-0.2, 0) is 0 Å². The molecule has 1 aliphatic rings. The lowest BCUT2D eigenvalue weighted by molar-refractivity contribution is 0.102. The fraction of sp³-hybridized carbons (Fsp3) is 0.267. The number of hydrogen-bond donors (Lipinski definition) is 2. The van der Waals surface area contributed by atoms with Crippen molar-refractivity contribution in [2.24, 2.45) is 0 Å². The number of ether oxygens (including phenoxy) is 1. The lowest BCUT2D eigenvalue weighted by Crippen LogP contribution is -2.34. The molecule has 7 nitrogen and oxygen atoms in total. The molecule has 0 atom stereocenters. The summed E-state index contributed by atoms with van der Waals surface area (Å²) in [4.78, 5) is 25.9. The third-order valence-electron chi connectivity index (χ3n) is 3.53. The number of hydrogen-bond acceptors (Lipinski definition) is 6. The molecule has 120 valence electrons. The van der Waals surface area contributed by atoms with E-state index in [1.54, 1.807) is 24.4 Å². The van der Waals surface area contributed by atoms with Gasteiger partial charge in [0.2, 0.25) is 0 Å². The summed E-state index contributed by atoms with van der Waals surface area (Å²) in [6, 6.07) is 4.79. The molecule has 0 fully saturated rings. The second-order valence-corrected chi connectivity index (χ2v) is 6.06. The zero-order valence-corrected chi connectivity index (χ0v) is 13.6. The van der Waals surface area contributed by atoms with Gasteiger partial charge in [0.25, 0.3) is 0 Å². The Morgan fingerprint density at radius 2 is 2.17 bits per heavy atom. The Bertz CT molecular complexity index is 839. The predicted molar refractivity (Wildman–Crippen MR) is 87.0 cm³/mol. The number of thiophene rings is 1. The van der Waals surface area contributed by atoms with Gasteiger partial charge in [-0.15, -0.1) is 11.3 Å². The summed E-state index contributed by atoms with van der Waals surface area (Å²) >= 11 is 1.37. The number of ketones is 1. The topological polar surface area (TPSA) is 87.4 Å². The average Bonchev–Trinajstić information content (AvgIpc) is 2.98. The molecule has 2 N–H and O–H groups in total. The van der Waals surface area contributed by atoms with Crippen molar-refractivity contribution in [3.8, 4) is 5.75 Å². The Kier molecular flexibility index (Phi) is 3.91. The number of nitrogens with zero attached hydrogens (tertiary/aromatic N) is 2. The summed E-state index contributed by atoms with van der Waals surface area (Å²) in [5.41, 5.74) is 0.870. The predicted octanol–water partition coefficient (Wildman–Crippen LogP) is 1.95. The summed E-state index contributed by atoms with van der Waals surface area (Å²) in [6.45, 7) is 2.64. The van der Waals surface area contributed by atoms with Crippen molar-refractivity contribution < 1.29 is 14.3 Å². The summed E-state index contributed by atoms with van der Waals surface area (Å²) in [5, 5.41) is 11.3. The minimum absolute atomic E-state index is 0.000323. The molecule has 1 aliphatic heterocycles. The smallest absolute Gasteiger partial charge is 0.326 e. The molecule has 0 bridgehead atoms. The van der Waals surface area contributed by atoms with E-state index in [1.807, 2.05) is 4.90 Å². The number of carbonyl (C=O) groups is 2. The molecule has 0 aromatic carbocycles. The summed E-state index contributed by atoms with van der Waals surface area (Å²) in [6.07, 6.45) is 1.56. The van der Waals surface area contributed by atoms with Crippen LogP contribution in [0.5, 0.6) is 5.75 Å². The van der Waals surface area contributed by atoms with Gasteiger partial charge in [-0.3, -0.25) is 14.8 Å². The molecule has 0 aliphatic carbocycles. The van der Waals surface area contributed by atoms with E-state index in [1.165, 1.54) is 29.9 Å². The van der Waals surface area contributed by atoms with Gasteiger partial charge in [0.15, 0.2) is 11.5 Å². The molecule has 8 heteroatoms. The maximum Gasteiger partial charge on any atom is 0.326 e. The van der Waals surface area contributed by atoms with Gasteiger partial charge in [-0.2, -0.15) is 0 Å². The number of carbonyl (C=O) groups excluding carboxylic acids is 2. The van der Waals surface area contributed by atoms with Crippen LogP contribution in [0.3, 0.4) is 0 Å². The maximum atomic E-state index is 11.7. The van der Waals surface area contributed by atoms with Crippen molar-refractivity contribution in [2.45, 2.75) is 6.92 Å². The van der Waals surface area contributed by atoms with E-state index in [-0.39, 0.29) is 17.3 Å². The van der Waals surface area contributed by atoms with Gasteiger partial charge >= 0.3 is 6.03 Å². The summed E-state index contributed by atoms with van der Waals surface area (Å²) < 4.78 is 6.84. The molecule has 0 unspecified atom stereocenters. The number of Topliss-reactive ketones (excluding diaryl/α,β-unsaturated/α-hetero) is 1. The maximum absolute atomic E-state index is 11.7. The molecule has 2 aromatic heterocycles. The van der Waals surface area contributed by atoms with Crippen LogP contribution < -0.4 is 20.4 Å². The van der Waals surface area contributed by atoms with E-state index >= 15 is 0 Å². The van der Waals surface area contributed by atoms with E-state index < -0.39 is 0 Å². The zero-order valence-electron chi connectivity index (χ0n) is 12.8. The number of anilines is 2. The van der Waals surface area contributed by atoms with Gasteiger partial charge in [0.05, 0.1) is 11.4 Å². The highest BCUT2D eigenvalue weighted by Crippen LogP contribution is 2.43. The molecular formula is C15H16N4O3S. The number of amides is 1. The molecule has 0 saturated heterocycles. The van der Waals surface area contributed by atoms with Crippen molar-refractivity contribution in [3.63, 3.8) is 0 Å². The Morgan fingerprint density at radius 1 is 1.39 bits per heavy atom. The Balaban J connectivity index is 2.01. The second kappa shape index (κ2) is 5.88. The van der Waals surface area contributed by atoms with E-state index in [0.717, 1.165) is 10.7 Å². The largest absolute Gasteiger partial charge is 0.489 e. The number of fused-ring (bicyclic) bond motifs is 1. The second-order valence-electron chi connectivity index (χ2n) is 5.03. The van der Waals surface area contributed by atoms with Crippen LogP contribution in [0.1, 0.15) is 16.6 Å². The van der Waals surface area contributed by atoms with Crippen LogP contribution in [0.4, 0.5) is 15.5 Å². The normalized spacial score (nSPS) is 13.2. The SMILES string of the molecule is CNC(=O)n1ccc(N2CCOc3cc(C(C)=O)sc32)cc1=N. The first kappa shape index (κ1) is 15.3. The van der Waals surface area contributed by atoms with Crippen LogP contribution >= 0.6 is 11.3 Å². The highest BCUT2D eigenvalue weighted by Gasteiger charge is 2.24. The van der Waals surface area contributed by atoms with E-state index in [2.05, 4.69) is 5.32 Å². The van der Waals surface area contributed by atoms with Crippen LogP contribution in [-0.4, -0.2) is 36.6 Å². The fourth-order valence-corrected chi connectivity index (χ4v) is 3.42. The molecule has 1 amide bonds. The fourth-order valence-electron chi connectivity index (χ4n) is 2.38. The third-order valence-corrected chi connectivity index (χ3v) is 4.77. The van der Waals surface area contributed by atoms with Gasteiger partial charge in [0.1, 0.15) is 17.1 Å². The third kappa shape index (κ3) is 2.72. The number of pyridine rings is 1. The molecule has 0 spiro atoms. The van der Waals surface area contributed by atoms with Gasteiger partial charge in [-0.05, 0) is 13.0 Å². The quantitative estimate of drug-likeness (QED) is 0.823. The van der Waals surface area contributed by atoms with Crippen molar-refractivity contribution in [1.82, 2.24) is 9.88 Å². The van der Waals surface area contributed by atoms with Crippen molar-refractivity contribution in [2.75, 3.05) is 25.1 Å². The highest BCUT2D eigenvalue weighted by atomic mass is 32.1. The Labute approximate surface area is 136 Å². The minimum atomic E-state index is -0.362. The van der Waals surface area contributed by atoms with E-state index in [9.17, 15) is 9.59 Å². The lowest BCUT2D eigenvalue weighted by Gasteiger charge is -2.28. The molecule has 2 aromatic rings. The van der Waals surface area contributed by atoms with Gasteiger partial charge in [-0.25, -0.2) is 4.79 Å². The first-order chi connectivity index (χ1) is 11.0. The number of aromatic nitrogens is 1. The highest BCUT2D eigenvalue weighted by molar-refractivity contribution is 7.18. The minimum Gasteiger partial charge on any atom is -0.489 e. The van der Waals surface area contributed by atoms with Crippen LogP contribution in [0, 0.1) is 5.41 Å². The van der Waals surface area contributed by atoms with Crippen molar-refractivity contribution in [3.05, 3.63) is 34.8 Å². The van der Waals surface area contributed by atoms with Gasteiger partial charge in [0, 0.05) is 31.1 Å². The summed E-state index contributed by atoms with van der Waals surface area (Å²) in [5.74, 6) is 0.681. The van der Waals surface area contributed by atoms with Crippen LogP contribution in [0.2, 0.25) is 0 Å². The number of rotatable bonds is 2. The van der Waals surface area contributed by atoms with E-state index in [4.69, 9.17) is 10.1 Å². The molecule has 0 saturated carbocycles. The van der Waals surface area contributed by atoms with Crippen molar-refractivity contribution >= 4 is 33.8 Å². The Hall–Kier alpha value is -2.61. The monoisotopic (exact) mass is 332 g/mol. The average molecular weight is 332 g/mol. The summed E-state index contributed by atoms with van der Waals surface area (Å²) in [7, 11) is 1.52. The Morgan fingerprint density at radius 3 is 2.83 bits per heavy atom. The molecule has 3 heterocycles. The molecular weight excluding hydrogens is 316 g/mol. The first-order valence-electron chi connectivity index (χ1n) is 7.05. The van der Waals surface area contributed by atoms with Gasteiger partial charge in [-0.1, -0.05) is 0 Å². The van der Waals surface area contributed by atoms with Crippen molar-refractivity contribution in [1.29, 1.82) is 5.41 Å². The zero-order chi connectivity index (χ0) is 16.6. The molecule has 23 heavy (non-hydrogen) atoms.